The molecule has 1 amide bonds. The van der Waals surface area contributed by atoms with Gasteiger partial charge >= 0.3 is 6.18 Å². The lowest BCUT2D eigenvalue weighted by atomic mass is 9.89. The molecular formula is C26H31F3N4O3S. The van der Waals surface area contributed by atoms with Crippen molar-refractivity contribution in [1.29, 1.82) is 0 Å². The second kappa shape index (κ2) is 10.6. The van der Waals surface area contributed by atoms with Crippen molar-refractivity contribution in [2.75, 3.05) is 5.75 Å². The highest BCUT2D eigenvalue weighted by Gasteiger charge is 2.34. The van der Waals surface area contributed by atoms with E-state index in [2.05, 4.69) is 15.3 Å². The molecule has 11 heteroatoms. The van der Waals surface area contributed by atoms with E-state index >= 15 is 0 Å². The van der Waals surface area contributed by atoms with Gasteiger partial charge in [-0.2, -0.15) is 13.2 Å². The lowest BCUT2D eigenvalue weighted by molar-refractivity contribution is -0.138. The minimum absolute atomic E-state index is 0.0288. The molecule has 0 unspecified atom stereocenters. The largest absolute Gasteiger partial charge is 0.416 e. The van der Waals surface area contributed by atoms with Crippen molar-refractivity contribution in [3.05, 3.63) is 76.6 Å². The number of imidazole rings is 1. The molecule has 200 valence electrons. The van der Waals surface area contributed by atoms with Crippen molar-refractivity contribution in [2.45, 2.75) is 70.6 Å². The molecule has 1 aromatic carbocycles. The molecule has 0 fully saturated rings. The topological polar surface area (TPSA) is 93.9 Å². The Bertz CT molecular complexity index is 1380. The Kier molecular flexibility index (Phi) is 8.16. The number of nitrogens with zero attached hydrogens (tertiary/aromatic N) is 3. The van der Waals surface area contributed by atoms with E-state index in [1.54, 1.807) is 24.5 Å². The van der Waals surface area contributed by atoms with E-state index < -0.39 is 32.9 Å². The van der Waals surface area contributed by atoms with Crippen LogP contribution in [0.3, 0.4) is 0 Å². The molecule has 0 bridgehead atoms. The van der Waals surface area contributed by atoms with Gasteiger partial charge in [-0.25, -0.2) is 13.4 Å². The van der Waals surface area contributed by atoms with Gasteiger partial charge in [0, 0.05) is 23.9 Å². The molecule has 37 heavy (non-hydrogen) atoms. The van der Waals surface area contributed by atoms with Crippen molar-refractivity contribution in [3.63, 3.8) is 0 Å². The first-order valence-corrected chi connectivity index (χ1v) is 13.5. The summed E-state index contributed by atoms with van der Waals surface area (Å²) in [5, 5.41) is 2.73. The highest BCUT2D eigenvalue weighted by molar-refractivity contribution is 7.91. The summed E-state index contributed by atoms with van der Waals surface area (Å²) in [5.41, 5.74) is -0.127. The normalized spacial score (nSPS) is 12.5. The minimum atomic E-state index is -4.51. The number of alkyl halides is 3. The number of nitrogens with one attached hydrogen (secondary N) is 1. The van der Waals surface area contributed by atoms with Crippen LogP contribution in [-0.4, -0.2) is 34.6 Å². The molecule has 0 aliphatic rings. The van der Waals surface area contributed by atoms with E-state index in [4.69, 9.17) is 0 Å². The van der Waals surface area contributed by atoms with Crippen molar-refractivity contribution < 1.29 is 26.4 Å². The number of carbonyl (C=O) groups is 1. The van der Waals surface area contributed by atoms with Crippen LogP contribution >= 0.6 is 0 Å². The molecule has 0 saturated heterocycles. The first-order chi connectivity index (χ1) is 17.2. The number of carbonyl (C=O) groups excluding carboxylic acids is 1. The van der Waals surface area contributed by atoms with E-state index in [0.29, 0.717) is 23.6 Å². The summed E-state index contributed by atoms with van der Waals surface area (Å²) in [5.74, 6) is -0.0289. The maximum atomic E-state index is 13.6. The zero-order valence-electron chi connectivity index (χ0n) is 21.5. The average Bonchev–Trinajstić information content (AvgIpc) is 3.19. The maximum Gasteiger partial charge on any atom is 0.416 e. The molecule has 0 aliphatic heterocycles. The van der Waals surface area contributed by atoms with Crippen LogP contribution in [0.5, 0.6) is 0 Å². The molecule has 0 aliphatic carbocycles. The molecular weight excluding hydrogens is 505 g/mol. The predicted molar refractivity (Wildman–Crippen MR) is 134 cm³/mol. The van der Waals surface area contributed by atoms with Gasteiger partial charge in [-0.05, 0) is 37.1 Å². The van der Waals surface area contributed by atoms with Gasteiger partial charge in [-0.1, -0.05) is 45.9 Å². The Morgan fingerprint density at radius 1 is 1.08 bits per heavy atom. The number of aromatic nitrogens is 3. The Balaban J connectivity index is 1.91. The SMILES string of the molecule is CCC(C)(C)c1nc(C(=O)NCc2ccc(S(=O)(=O)CC)cn2)c(C)n1Cc1ccccc1C(F)(F)F. The summed E-state index contributed by atoms with van der Waals surface area (Å²) >= 11 is 0. The molecule has 7 nitrogen and oxygen atoms in total. The monoisotopic (exact) mass is 536 g/mol. The van der Waals surface area contributed by atoms with Crippen LogP contribution in [0.2, 0.25) is 0 Å². The Morgan fingerprint density at radius 3 is 2.32 bits per heavy atom. The minimum Gasteiger partial charge on any atom is -0.345 e. The Labute approximate surface area is 215 Å². The van der Waals surface area contributed by atoms with Crippen LogP contribution in [0.15, 0.2) is 47.5 Å². The fourth-order valence-electron chi connectivity index (χ4n) is 3.84. The molecule has 0 atom stereocenters. The van der Waals surface area contributed by atoms with Gasteiger partial charge in [0.15, 0.2) is 9.84 Å². The van der Waals surface area contributed by atoms with Crippen LogP contribution in [0.25, 0.3) is 0 Å². The van der Waals surface area contributed by atoms with Crippen LogP contribution in [0.4, 0.5) is 13.2 Å². The van der Waals surface area contributed by atoms with Gasteiger partial charge in [0.25, 0.3) is 5.91 Å². The molecule has 1 N–H and O–H groups in total. The number of amides is 1. The molecule has 0 saturated carbocycles. The van der Waals surface area contributed by atoms with Crippen LogP contribution in [0.1, 0.15) is 72.9 Å². The fraction of sp³-hybridized carbons (Fsp3) is 0.423. The molecule has 2 heterocycles. The number of hydrogen-bond acceptors (Lipinski definition) is 5. The van der Waals surface area contributed by atoms with Gasteiger partial charge in [0.1, 0.15) is 11.5 Å². The molecule has 0 spiro atoms. The third kappa shape index (κ3) is 6.20. The van der Waals surface area contributed by atoms with E-state index in [-0.39, 0.29) is 35.0 Å². The zero-order valence-corrected chi connectivity index (χ0v) is 22.3. The van der Waals surface area contributed by atoms with Crippen LogP contribution in [-0.2, 0) is 34.5 Å². The standard InChI is InChI=1S/C26H31F3N4O3S/c1-6-25(4,5)24-32-22(17(3)33(24)16-18-10-8-9-11-21(18)26(27,28)29)23(34)31-14-19-12-13-20(15-30-19)37(35,36)7-2/h8-13,15H,6-7,14,16H2,1-5H3,(H,31,34). The number of pyridine rings is 1. The first-order valence-electron chi connectivity index (χ1n) is 11.9. The van der Waals surface area contributed by atoms with Gasteiger partial charge in [0.05, 0.1) is 28.5 Å². The number of benzene rings is 1. The third-order valence-corrected chi connectivity index (χ3v) is 8.26. The second-order valence-corrected chi connectivity index (χ2v) is 11.7. The Morgan fingerprint density at radius 2 is 1.76 bits per heavy atom. The van der Waals surface area contributed by atoms with E-state index in [0.717, 1.165) is 6.07 Å². The van der Waals surface area contributed by atoms with Gasteiger partial charge in [-0.15, -0.1) is 0 Å². The van der Waals surface area contributed by atoms with Crippen molar-refractivity contribution in [1.82, 2.24) is 19.9 Å². The van der Waals surface area contributed by atoms with Crippen LogP contribution < -0.4 is 5.32 Å². The number of hydrogen-bond donors (Lipinski definition) is 1. The molecule has 3 rings (SSSR count). The maximum absolute atomic E-state index is 13.6. The third-order valence-electron chi connectivity index (χ3n) is 6.54. The number of rotatable bonds is 9. The average molecular weight is 537 g/mol. The lowest BCUT2D eigenvalue weighted by Crippen LogP contribution is -2.25. The van der Waals surface area contributed by atoms with E-state index in [1.165, 1.54) is 30.5 Å². The first kappa shape index (κ1) is 28.4. The highest BCUT2D eigenvalue weighted by atomic mass is 32.2. The van der Waals surface area contributed by atoms with Crippen molar-refractivity contribution >= 4 is 15.7 Å². The van der Waals surface area contributed by atoms with Gasteiger partial charge < -0.3 is 9.88 Å². The summed E-state index contributed by atoms with van der Waals surface area (Å²) in [4.78, 5) is 21.9. The predicted octanol–water partition coefficient (Wildman–Crippen LogP) is 5.06. The van der Waals surface area contributed by atoms with Crippen molar-refractivity contribution in [2.24, 2.45) is 0 Å². The van der Waals surface area contributed by atoms with Gasteiger partial charge in [0.2, 0.25) is 0 Å². The summed E-state index contributed by atoms with van der Waals surface area (Å²) in [7, 11) is -3.38. The van der Waals surface area contributed by atoms with E-state index in [9.17, 15) is 26.4 Å². The molecule has 3 aromatic rings. The van der Waals surface area contributed by atoms with Crippen molar-refractivity contribution in [3.8, 4) is 0 Å². The lowest BCUT2D eigenvalue weighted by Gasteiger charge is -2.24. The van der Waals surface area contributed by atoms with Crippen LogP contribution in [0, 0.1) is 6.92 Å². The summed E-state index contributed by atoms with van der Waals surface area (Å²) < 4.78 is 66.5. The zero-order chi connectivity index (χ0) is 27.6. The number of sulfone groups is 1. The summed E-state index contributed by atoms with van der Waals surface area (Å²) in [6, 6.07) is 8.34. The highest BCUT2D eigenvalue weighted by Crippen LogP contribution is 2.34. The Hall–Kier alpha value is -3.21. The quantitative estimate of drug-likeness (QED) is 0.412. The smallest absolute Gasteiger partial charge is 0.345 e. The molecule has 2 aromatic heterocycles. The second-order valence-electron chi connectivity index (χ2n) is 9.42. The summed E-state index contributed by atoms with van der Waals surface area (Å²) in [6.07, 6.45) is -2.60. The fourth-order valence-corrected chi connectivity index (χ4v) is 4.66. The summed E-state index contributed by atoms with van der Waals surface area (Å²) in [6.45, 7) is 8.95. The van der Waals surface area contributed by atoms with Gasteiger partial charge in [-0.3, -0.25) is 9.78 Å². The number of halogens is 3. The van der Waals surface area contributed by atoms with E-state index in [1.807, 2.05) is 20.8 Å². The molecule has 0 radical (unpaired) electrons.